The minimum Gasteiger partial charge on any atom is -0.465 e. The number of nitrogens with zero attached hydrogens (tertiary/aromatic N) is 8. The Morgan fingerprint density at radius 2 is 0.778 bits per heavy atom. The number of aromatic nitrogens is 8. The Morgan fingerprint density at radius 1 is 0.394 bits per heavy atom. The molecule has 0 bridgehead atoms. The van der Waals surface area contributed by atoms with Crippen molar-refractivity contribution in [2.75, 3.05) is 24.9 Å². The van der Waals surface area contributed by atoms with Gasteiger partial charge in [-0.05, 0) is 168 Å². The molecular formula is C69H46BrF9N10O10. The van der Waals surface area contributed by atoms with Crippen molar-refractivity contribution < 1.29 is 82.3 Å². The molecule has 0 atom stereocenters. The average molecular weight is 1430 g/mol. The molecule has 0 saturated heterocycles. The molecule has 2 N–H and O–H groups in total. The van der Waals surface area contributed by atoms with Crippen LogP contribution < -0.4 is 39.9 Å². The lowest BCUT2D eigenvalue weighted by Crippen LogP contribution is -2.12. The first-order chi connectivity index (χ1) is 47.5. The van der Waals surface area contributed by atoms with Gasteiger partial charge in [0.2, 0.25) is 29.4 Å². The first kappa shape index (κ1) is 69.4. The van der Waals surface area contributed by atoms with Crippen LogP contribution in [0, 0.1) is 0 Å². The Labute approximate surface area is 562 Å². The fourth-order valence-electron chi connectivity index (χ4n) is 8.92. The normalized spacial score (nSPS) is 11.2. The van der Waals surface area contributed by atoms with E-state index < -0.39 is 70.4 Å². The third-order valence-electron chi connectivity index (χ3n) is 13.4. The highest BCUT2D eigenvalue weighted by atomic mass is 79.9. The van der Waals surface area contributed by atoms with E-state index in [0.717, 1.165) is 30.3 Å². The van der Waals surface area contributed by atoms with E-state index in [1.54, 1.807) is 89.9 Å². The van der Waals surface area contributed by atoms with E-state index >= 15 is 0 Å². The number of hydrogen-bond donors (Lipinski definition) is 2. The lowest BCUT2D eigenvalue weighted by Gasteiger charge is -2.16. The highest BCUT2D eigenvalue weighted by molar-refractivity contribution is 9.10. The summed E-state index contributed by atoms with van der Waals surface area (Å²) >= 11 is 3.29. The molecule has 7 heterocycles. The van der Waals surface area contributed by atoms with Crippen LogP contribution in [0.3, 0.4) is 0 Å². The number of carbonyl (C=O) groups is 2. The van der Waals surface area contributed by atoms with Gasteiger partial charge in [-0.25, -0.2) is 39.5 Å². The fourth-order valence-corrected chi connectivity index (χ4v) is 9.27. The second-order valence-electron chi connectivity index (χ2n) is 20.0. The molecule has 0 fully saturated rings. The number of halogens is 10. The van der Waals surface area contributed by atoms with Crippen molar-refractivity contribution in [2.45, 2.75) is 18.5 Å². The first-order valence-electron chi connectivity index (χ1n) is 28.6. The molecule has 0 aliphatic carbocycles. The number of rotatable bonds is 17. The van der Waals surface area contributed by atoms with E-state index in [2.05, 4.69) is 61.5 Å². The Hall–Kier alpha value is -12.5. The van der Waals surface area contributed by atoms with E-state index in [9.17, 15) is 53.9 Å². The first-order valence-corrected chi connectivity index (χ1v) is 29.4. The maximum Gasteiger partial charge on any atom is 0.421 e. The molecule has 0 aliphatic rings. The zero-order valence-corrected chi connectivity index (χ0v) is 52.5. The summed E-state index contributed by atoms with van der Waals surface area (Å²) in [7, 11) is 2.38. The van der Waals surface area contributed by atoms with Crippen LogP contribution in [0.1, 0.15) is 37.4 Å². The number of anilines is 4. The van der Waals surface area contributed by atoms with Gasteiger partial charge < -0.3 is 43.8 Å². The summed E-state index contributed by atoms with van der Waals surface area (Å²) in [6.07, 6.45) is -4.36. The van der Waals surface area contributed by atoms with Crippen molar-refractivity contribution >= 4 is 61.5 Å². The molecule has 0 amide bonds. The molecule has 0 saturated carbocycles. The molecule has 0 spiro atoms. The van der Waals surface area contributed by atoms with E-state index in [4.69, 9.17) is 33.2 Å². The summed E-state index contributed by atoms with van der Waals surface area (Å²) in [6, 6.07) is 47.0. The SMILES string of the molecule is COC(=O)c1cc(Oc2ncccc2C(F)(F)F)ccc1Nc1cccnc1Br.COC(=O)c1cc(Oc2ncccc2C(F)(F)F)ccc1Nc1cccnc1Oc1ccccc1.O=c1ncn(-c2cccnc2Oc2ccccc2)c2ccc(Oc3ncccc3C(F)(F)F)cc12. The predicted molar refractivity (Wildman–Crippen MR) is 344 cm³/mol. The number of ether oxygens (including phenoxy) is 7. The molecular weight excluding hydrogens is 1380 g/mol. The topological polar surface area (TPSA) is 235 Å². The molecule has 5 aromatic carbocycles. The van der Waals surface area contributed by atoms with E-state index in [1.165, 1.54) is 93.7 Å². The zero-order chi connectivity index (χ0) is 70.3. The summed E-state index contributed by atoms with van der Waals surface area (Å²) in [5, 5.41) is 6.21. The summed E-state index contributed by atoms with van der Waals surface area (Å²) in [6.45, 7) is 0. The smallest absolute Gasteiger partial charge is 0.421 e. The number of fused-ring (bicyclic) bond motifs is 1. The molecule has 7 aromatic heterocycles. The number of esters is 2. The van der Waals surface area contributed by atoms with E-state index in [1.807, 2.05) is 36.4 Å². The molecule has 30 heteroatoms. The van der Waals surface area contributed by atoms with Crippen LogP contribution >= 0.6 is 15.9 Å². The van der Waals surface area contributed by atoms with Crippen molar-refractivity contribution in [1.29, 1.82) is 0 Å². The van der Waals surface area contributed by atoms with E-state index in [0.29, 0.717) is 50.1 Å². The lowest BCUT2D eigenvalue weighted by molar-refractivity contribution is -0.139. The van der Waals surface area contributed by atoms with Crippen LogP contribution in [0.5, 0.6) is 58.1 Å². The van der Waals surface area contributed by atoms with Crippen LogP contribution in [-0.2, 0) is 28.0 Å². The van der Waals surface area contributed by atoms with Gasteiger partial charge in [-0.15, -0.1) is 0 Å². The summed E-state index contributed by atoms with van der Waals surface area (Å²) in [4.78, 5) is 64.7. The highest BCUT2D eigenvalue weighted by Crippen LogP contribution is 2.42. The van der Waals surface area contributed by atoms with Gasteiger partial charge in [-0.3, -0.25) is 9.36 Å². The van der Waals surface area contributed by atoms with Gasteiger partial charge in [0, 0.05) is 37.2 Å². The quantitative estimate of drug-likeness (QED) is 0.0490. The van der Waals surface area contributed by atoms with Gasteiger partial charge in [-0.2, -0.15) is 44.5 Å². The maximum atomic E-state index is 13.3. The van der Waals surface area contributed by atoms with Crippen molar-refractivity contribution in [3.63, 3.8) is 0 Å². The van der Waals surface area contributed by atoms with Crippen LogP contribution in [0.4, 0.5) is 62.3 Å². The third-order valence-corrected chi connectivity index (χ3v) is 14.0. The van der Waals surface area contributed by atoms with Crippen LogP contribution in [0.2, 0.25) is 0 Å². The Kier molecular flexibility index (Phi) is 21.7. The summed E-state index contributed by atoms with van der Waals surface area (Å²) < 4.78 is 159. The fraction of sp³-hybridized carbons (Fsp3) is 0.0725. The number of benzene rings is 5. The number of hydrogen-bond acceptors (Lipinski definition) is 19. The number of nitrogens with one attached hydrogen (secondary N) is 2. The lowest BCUT2D eigenvalue weighted by atomic mass is 10.1. The average Bonchev–Trinajstić information content (AvgIpc) is 0.778. The molecule has 99 heavy (non-hydrogen) atoms. The maximum absolute atomic E-state index is 13.3. The number of pyridine rings is 6. The second-order valence-corrected chi connectivity index (χ2v) is 20.7. The van der Waals surface area contributed by atoms with Crippen LogP contribution in [0.15, 0.2) is 241 Å². The minimum absolute atomic E-state index is 0.00490. The van der Waals surface area contributed by atoms with Gasteiger partial charge in [0.15, 0.2) is 0 Å². The van der Waals surface area contributed by atoms with Gasteiger partial charge in [-0.1, -0.05) is 36.4 Å². The van der Waals surface area contributed by atoms with Crippen molar-refractivity contribution in [1.82, 2.24) is 39.5 Å². The number of alkyl halides is 9. The van der Waals surface area contributed by atoms with Gasteiger partial charge in [0.05, 0.1) is 53.3 Å². The van der Waals surface area contributed by atoms with Gasteiger partial charge in [0.1, 0.15) is 67.7 Å². The molecule has 12 aromatic rings. The summed E-state index contributed by atoms with van der Waals surface area (Å²) in [5.74, 6) is -1.70. The highest BCUT2D eigenvalue weighted by Gasteiger charge is 2.38. The van der Waals surface area contributed by atoms with Gasteiger partial charge >= 0.3 is 30.5 Å². The summed E-state index contributed by atoms with van der Waals surface area (Å²) in [5.41, 5.74) is -0.978. The molecule has 12 rings (SSSR count). The zero-order valence-electron chi connectivity index (χ0n) is 50.9. The Morgan fingerprint density at radius 3 is 1.24 bits per heavy atom. The molecule has 20 nitrogen and oxygen atoms in total. The van der Waals surface area contributed by atoms with Crippen molar-refractivity contribution in [2.24, 2.45) is 0 Å². The molecule has 0 radical (unpaired) electrons. The monoisotopic (exact) mass is 1420 g/mol. The predicted octanol–water partition coefficient (Wildman–Crippen LogP) is 18.0. The molecule has 0 aliphatic heterocycles. The third kappa shape index (κ3) is 17.7. The molecule has 0 unspecified atom stereocenters. The van der Waals surface area contributed by atoms with Crippen LogP contribution in [-0.4, -0.2) is 65.6 Å². The second kappa shape index (κ2) is 30.9. The number of carbonyl (C=O) groups excluding carboxylic acids is 2. The van der Waals surface area contributed by atoms with Gasteiger partial charge in [0.25, 0.3) is 5.56 Å². The minimum atomic E-state index is -4.66. The largest absolute Gasteiger partial charge is 0.465 e. The van der Waals surface area contributed by atoms with Crippen molar-refractivity contribution in [3.05, 3.63) is 274 Å². The number of para-hydroxylation sites is 2. The standard InChI is InChI=1S/C25H15F3N4O3.C25H18F3N3O4.C19H13BrF3N3O3/c26-25(27,28)19-8-4-12-29-23(19)35-17-10-11-20-18(14-17)22(33)31-15-32(20)21-9-5-13-30-24(21)34-16-6-2-1-3-7-16;1-33-24(32)18-15-17(35-22-19(25(26,27)28)9-5-13-29-22)11-12-20(18)31-21-10-6-14-30-23(21)34-16-7-3-2-4-8-16;1-28-18(27)12-10-11(29-17-13(19(21,22)23)4-2-9-25-17)6-7-14(12)26-15-5-3-8-24-16(15)20/h1-15H;2-15,31H,1H3;2-10,26H,1H3. The van der Waals surface area contributed by atoms with E-state index in [-0.39, 0.29) is 45.5 Å². The molecule has 502 valence electrons. The number of methoxy groups -OCH3 is 2. The van der Waals surface area contributed by atoms with Crippen molar-refractivity contribution in [3.8, 4) is 63.8 Å². The Balaban J connectivity index is 0.000000162. The Bertz CT molecular complexity index is 4910. The van der Waals surface area contributed by atoms with Crippen LogP contribution in [0.25, 0.3) is 16.6 Å².